The van der Waals surface area contributed by atoms with Gasteiger partial charge in [-0.05, 0) is 101 Å². The Balaban J connectivity index is 3.09. The van der Waals surface area contributed by atoms with Gasteiger partial charge in [0.2, 0.25) is 0 Å². The highest BCUT2D eigenvalue weighted by molar-refractivity contribution is 9.65. The average Bonchev–Trinajstić information content (AvgIpc) is 3.37. The molecule has 1 nitrogen and oxygen atoms in total. The van der Waals surface area contributed by atoms with Gasteiger partial charge in [0.1, 0.15) is 0 Å². The van der Waals surface area contributed by atoms with E-state index in [1.807, 2.05) is 472 Å². The van der Waals surface area contributed by atoms with E-state index in [-0.39, 0.29) is 0 Å². The van der Waals surface area contributed by atoms with Crippen LogP contribution in [0.5, 0.6) is 0 Å². The molecule has 0 aromatic carbocycles. The van der Waals surface area contributed by atoms with Crippen LogP contribution in [-0.2, 0) is 32.8 Å². The van der Waals surface area contributed by atoms with Crippen LogP contribution in [0.3, 0.4) is 0 Å². The van der Waals surface area contributed by atoms with Crippen molar-refractivity contribution in [2.75, 3.05) is 0 Å². The number of hydrogen-bond donors (Lipinski definition) is 1. The molecule has 0 fully saturated rings. The number of rotatable bonds is 66. The van der Waals surface area contributed by atoms with E-state index >= 15 is 0 Å². The molecule has 0 N–H and O–H groups in total. The van der Waals surface area contributed by atoms with Gasteiger partial charge in [-0.15, -0.1) is 0 Å². The SMILES string of the molecule is POS(=S)(=S)SSSSSSSSSSSSSSSSSSSSSSSSSSSSSSSSSSSSSSSSSSSSSSSSSSSSSSSSSSSSSSSSSS. The van der Waals surface area contributed by atoms with Crippen LogP contribution >= 0.6 is 660 Å². The highest BCUT2D eigenvalue weighted by Crippen LogP contribution is 2.71. The Labute approximate surface area is 673 Å². The zero-order valence-corrected chi connectivity index (χ0v) is 86.8. The lowest BCUT2D eigenvalue weighted by atomic mass is 15.9. The topological polar surface area (TPSA) is 9.23 Å². The lowest BCUT2D eigenvalue weighted by Gasteiger charge is -2.03. The molecular weight excluding hydrogens is 2260 g/mol. The maximum Gasteiger partial charge on any atom is 0.0846 e. The molecule has 0 aliphatic carbocycles. The van der Waals surface area contributed by atoms with E-state index in [1.165, 1.54) is 19.7 Å². The van der Waals surface area contributed by atoms with Gasteiger partial charge < -0.3 is 0 Å². The Kier molecular flexibility index (Phi) is 119. The van der Waals surface area contributed by atoms with Gasteiger partial charge in [-0.2, -0.15) is 0 Å². The molecule has 71 heavy (non-hydrogen) atoms. The fraction of sp³-hybridized carbons (Fsp3) is 0. The van der Waals surface area contributed by atoms with Gasteiger partial charge in [0.05, 0.1) is 6.46 Å². The standard InChI is InChI=1S/H3OPS69/c2-1-71(4,5)70-69-68-67-66-65-64-63-62-61-60-59-58-57-56-55-54-53-52-51-50-49-48-47-46-45-44-43-42-41-40-39-38-37-36-35-34-33-32-31-30-29-28-27-26-25-24-23-22-21-20-19-18-17-16-15-14-13-12-11-10-9-8-7-6-3/h3H,2H2. The lowest BCUT2D eigenvalue weighted by molar-refractivity contribution is 0.764. The van der Waals surface area contributed by atoms with Crippen molar-refractivity contribution in [2.45, 2.75) is 0 Å². The van der Waals surface area contributed by atoms with Crippen molar-refractivity contribution in [3.63, 3.8) is 0 Å². The first-order valence-corrected chi connectivity index (χ1v) is 103. The predicted molar refractivity (Wildman–Crippen MR) is 535 cm³/mol. The summed E-state index contributed by atoms with van der Waals surface area (Å²) in [6.07, 6.45) is 0. The molecule has 71 heteroatoms. The first-order chi connectivity index (χ1) is 35.1. The Bertz CT molecular complexity index is 1020. The fourth-order valence-corrected chi connectivity index (χ4v) is 182. The van der Waals surface area contributed by atoms with E-state index in [1.54, 1.807) is 147 Å². The summed E-state index contributed by atoms with van der Waals surface area (Å²) >= 11 is 14.4. The van der Waals surface area contributed by atoms with Crippen molar-refractivity contribution in [1.82, 2.24) is 0 Å². The Morgan fingerprint density at radius 2 is 0.296 bits per heavy atom. The van der Waals surface area contributed by atoms with E-state index in [0.717, 1.165) is 0 Å². The van der Waals surface area contributed by atoms with Crippen LogP contribution in [0.4, 0.5) is 0 Å². The molecule has 428 valence electrons. The molecule has 0 saturated carbocycles. The van der Waals surface area contributed by atoms with Crippen LogP contribution in [0.15, 0.2) is 0 Å². The molecule has 0 bridgehead atoms. The van der Waals surface area contributed by atoms with Crippen molar-refractivity contribution in [2.24, 2.45) is 0 Å². The van der Waals surface area contributed by atoms with Crippen LogP contribution < -0.4 is 0 Å². The van der Waals surface area contributed by atoms with Crippen LogP contribution in [0.25, 0.3) is 0 Å². The fourth-order valence-electron chi connectivity index (χ4n) is 0.766. The van der Waals surface area contributed by atoms with E-state index in [9.17, 15) is 0 Å². The third kappa shape index (κ3) is 90.3. The molecule has 0 amide bonds. The van der Waals surface area contributed by atoms with Gasteiger partial charge in [-0.25, -0.2) is 0 Å². The van der Waals surface area contributed by atoms with Gasteiger partial charge in [0.25, 0.3) is 0 Å². The third-order valence-corrected chi connectivity index (χ3v) is 153. The number of hydrogen-bond acceptors (Lipinski definition) is 69. The van der Waals surface area contributed by atoms with E-state index in [4.69, 9.17) is 26.3 Å². The molecule has 0 aromatic heterocycles. The van der Waals surface area contributed by atoms with E-state index in [0.29, 0.717) is 0 Å². The number of thiol groups is 1. The zero-order valence-electron chi connectivity index (χ0n) is 29.2. The normalized spacial score (nSPS) is 12.0. The summed E-state index contributed by atoms with van der Waals surface area (Å²) in [6, 6.07) is 0. The molecule has 0 radical (unpaired) electrons. The quantitative estimate of drug-likeness (QED) is 0.0268. The second kappa shape index (κ2) is 88.5. The zero-order chi connectivity index (χ0) is 51.2. The highest BCUT2D eigenvalue weighted by Gasteiger charge is 2.07. The third-order valence-electron chi connectivity index (χ3n) is 1.98. The van der Waals surface area contributed by atoms with Crippen LogP contribution in [-0.4, -0.2) is 0 Å². The molecule has 0 saturated heterocycles. The monoisotopic (exact) mass is 2260 g/mol. The summed E-state index contributed by atoms with van der Waals surface area (Å²) in [5.74, 6) is 0. The van der Waals surface area contributed by atoms with Gasteiger partial charge in [0.15, 0.2) is 0 Å². The van der Waals surface area contributed by atoms with E-state index in [2.05, 4.69) is 21.1 Å². The highest BCUT2D eigenvalue weighted by atomic mass is 34.1. The van der Waals surface area contributed by atoms with Crippen LogP contribution in [0, 0.1) is 0 Å². The van der Waals surface area contributed by atoms with Gasteiger partial charge in [0, 0.05) is 570 Å². The van der Waals surface area contributed by atoms with Crippen molar-refractivity contribution < 1.29 is 3.97 Å². The van der Waals surface area contributed by atoms with Crippen LogP contribution in [0.1, 0.15) is 0 Å². The Morgan fingerprint density at radius 1 is 0.197 bits per heavy atom. The summed E-state index contributed by atoms with van der Waals surface area (Å²) in [6.45, 7) is -1.84. The minimum Gasteiger partial charge on any atom is -0.285 e. The first kappa shape index (κ1) is 95.3. The van der Waals surface area contributed by atoms with Crippen LogP contribution in [0.2, 0.25) is 0 Å². The Hall–Kier alpha value is 24.3. The second-order valence-electron chi connectivity index (χ2n) is 4.93. The smallest absolute Gasteiger partial charge is 0.0846 e. The summed E-state index contributed by atoms with van der Waals surface area (Å²) < 4.78 is 5.03. The van der Waals surface area contributed by atoms with Crippen molar-refractivity contribution in [1.29, 1.82) is 0 Å². The summed E-state index contributed by atoms with van der Waals surface area (Å²) in [5.41, 5.74) is 0. The molecule has 0 spiro atoms. The minimum absolute atomic E-state index is 1.44. The molecular formula is H3OPS69. The summed E-state index contributed by atoms with van der Waals surface area (Å²) in [5, 5.41) is 0. The minimum atomic E-state index is -1.84. The largest absolute Gasteiger partial charge is 0.285 e. The molecule has 1 atom stereocenters. The predicted octanol–water partition coefficient (Wildman–Crippen LogP) is 42.8. The second-order valence-corrected chi connectivity index (χ2v) is 128. The molecule has 1 unspecified atom stereocenters. The van der Waals surface area contributed by atoms with Gasteiger partial charge in [-0.3, -0.25) is 3.97 Å². The summed E-state index contributed by atoms with van der Waals surface area (Å²) in [4.78, 5) is 0. The average molecular weight is 2260 g/mol. The molecule has 0 rings (SSSR count). The van der Waals surface area contributed by atoms with Crippen molar-refractivity contribution >= 4 is 689 Å². The lowest BCUT2D eigenvalue weighted by Crippen LogP contribution is -1.81. The molecule has 0 aromatic rings. The maximum absolute atomic E-state index is 5.15. The van der Waals surface area contributed by atoms with Gasteiger partial charge in [-0.1, -0.05) is 11.7 Å². The Morgan fingerprint density at radius 3 is 0.394 bits per heavy atom. The maximum atomic E-state index is 5.15. The first-order valence-electron chi connectivity index (χ1n) is 11.8. The molecule has 0 aliphatic rings. The molecule has 0 heterocycles. The van der Waals surface area contributed by atoms with Gasteiger partial charge >= 0.3 is 0 Å². The van der Waals surface area contributed by atoms with Crippen molar-refractivity contribution in [3.8, 4) is 0 Å². The van der Waals surface area contributed by atoms with Crippen molar-refractivity contribution in [3.05, 3.63) is 0 Å². The van der Waals surface area contributed by atoms with E-state index < -0.39 is 6.46 Å². The molecule has 0 aliphatic heterocycles. The summed E-state index contributed by atoms with van der Waals surface area (Å²) in [7, 11) is 119.